The molecular formula is C33H27N5S. The Labute approximate surface area is 228 Å². The zero-order valence-electron chi connectivity index (χ0n) is 22.3. The third-order valence-electron chi connectivity index (χ3n) is 7.93. The number of hydrogen-bond acceptors (Lipinski definition) is 4. The summed E-state index contributed by atoms with van der Waals surface area (Å²) in [6, 6.07) is 19.9. The van der Waals surface area contributed by atoms with E-state index in [1.54, 1.807) is 11.3 Å². The molecular weight excluding hydrogens is 498 g/mol. The molecule has 0 fully saturated rings. The van der Waals surface area contributed by atoms with Gasteiger partial charge in [-0.3, -0.25) is 4.98 Å². The first-order valence-corrected chi connectivity index (χ1v) is 14.4. The SMILES string of the molecule is CC(C)c1nc2c3cccnc3c3cc(-c4ccc5c(c4)c4sccc4c4nc(C(C)C)[nH]c54)ccc3c2[nH]1. The second-order valence-electron chi connectivity index (χ2n) is 11.1. The Morgan fingerprint density at radius 3 is 1.90 bits per heavy atom. The van der Waals surface area contributed by atoms with Crippen LogP contribution < -0.4 is 0 Å². The van der Waals surface area contributed by atoms with Crippen molar-refractivity contribution in [1.29, 1.82) is 0 Å². The van der Waals surface area contributed by atoms with Crippen LogP contribution in [0.15, 0.2) is 66.2 Å². The van der Waals surface area contributed by atoms with Crippen LogP contribution in [-0.2, 0) is 0 Å². The predicted molar refractivity (Wildman–Crippen MR) is 165 cm³/mol. The maximum Gasteiger partial charge on any atom is 0.109 e. The van der Waals surface area contributed by atoms with E-state index in [4.69, 9.17) is 15.0 Å². The number of nitrogens with one attached hydrogen (secondary N) is 2. The summed E-state index contributed by atoms with van der Waals surface area (Å²) in [4.78, 5) is 22.0. The van der Waals surface area contributed by atoms with Gasteiger partial charge in [0.25, 0.3) is 0 Å². The number of imidazole rings is 2. The maximum absolute atomic E-state index is 4.98. The van der Waals surface area contributed by atoms with Crippen molar-refractivity contribution in [2.45, 2.75) is 39.5 Å². The lowest BCUT2D eigenvalue weighted by molar-refractivity contribution is 0.799. The van der Waals surface area contributed by atoms with Crippen LogP contribution in [0.1, 0.15) is 51.2 Å². The van der Waals surface area contributed by atoms with E-state index in [1.165, 1.54) is 32.0 Å². The van der Waals surface area contributed by atoms with Crippen molar-refractivity contribution < 1.29 is 0 Å². The molecule has 0 aliphatic carbocycles. The van der Waals surface area contributed by atoms with Crippen LogP contribution in [0.4, 0.5) is 0 Å². The Bertz CT molecular complexity index is 2250. The van der Waals surface area contributed by atoms with E-state index < -0.39 is 0 Å². The van der Waals surface area contributed by atoms with Crippen LogP contribution in [0.3, 0.4) is 0 Å². The summed E-state index contributed by atoms with van der Waals surface area (Å²) in [5, 5.41) is 9.26. The fourth-order valence-corrected chi connectivity index (χ4v) is 6.82. The average Bonchev–Trinajstić information content (AvgIpc) is 3.71. The number of aromatic amines is 2. The highest BCUT2D eigenvalue weighted by Gasteiger charge is 2.18. The fourth-order valence-electron chi connectivity index (χ4n) is 5.89. The van der Waals surface area contributed by atoms with Crippen molar-refractivity contribution >= 4 is 75.9 Å². The van der Waals surface area contributed by atoms with Gasteiger partial charge in [0.05, 0.1) is 27.6 Å². The molecule has 4 aromatic heterocycles. The minimum Gasteiger partial charge on any atom is -0.341 e. The molecule has 2 N–H and O–H groups in total. The van der Waals surface area contributed by atoms with E-state index in [-0.39, 0.29) is 0 Å². The lowest BCUT2D eigenvalue weighted by Crippen LogP contribution is -1.88. The predicted octanol–water partition coefficient (Wildman–Crippen LogP) is 9.42. The maximum atomic E-state index is 4.98. The molecule has 4 aromatic carbocycles. The van der Waals surface area contributed by atoms with Gasteiger partial charge in [-0.15, -0.1) is 11.3 Å². The van der Waals surface area contributed by atoms with Gasteiger partial charge in [0.1, 0.15) is 11.6 Å². The molecule has 6 heteroatoms. The lowest BCUT2D eigenvalue weighted by Gasteiger charge is -2.10. The van der Waals surface area contributed by atoms with Crippen molar-refractivity contribution in [3.05, 3.63) is 77.8 Å². The first kappa shape index (κ1) is 22.7. The molecule has 8 rings (SSSR count). The molecule has 0 amide bonds. The van der Waals surface area contributed by atoms with E-state index in [0.717, 1.165) is 55.4 Å². The minimum atomic E-state index is 0.322. The number of aromatic nitrogens is 5. The van der Waals surface area contributed by atoms with E-state index >= 15 is 0 Å². The highest BCUT2D eigenvalue weighted by atomic mass is 32.1. The third kappa shape index (κ3) is 3.21. The largest absolute Gasteiger partial charge is 0.341 e. The molecule has 0 unspecified atom stereocenters. The number of nitrogens with zero attached hydrogens (tertiary/aromatic N) is 3. The van der Waals surface area contributed by atoms with E-state index in [0.29, 0.717) is 11.8 Å². The first-order chi connectivity index (χ1) is 19.0. The summed E-state index contributed by atoms with van der Waals surface area (Å²) in [5.41, 5.74) is 7.64. The standard InChI is InChI=1S/C33H27N5S/c1-16(2)32-35-27-20-9-7-18(14-24(20)26-22(29(27)37-32)6-5-12-34-26)19-8-10-21-25(15-19)31-23(11-13-39-31)30-28(21)36-33(38-30)17(3)4/h5-17H,1-4H3,(H,35,37)(H,36,38). The molecule has 0 spiro atoms. The van der Waals surface area contributed by atoms with E-state index in [2.05, 4.69) is 91.6 Å². The molecule has 8 aromatic rings. The van der Waals surface area contributed by atoms with Crippen molar-refractivity contribution in [2.24, 2.45) is 0 Å². The van der Waals surface area contributed by atoms with Crippen molar-refractivity contribution in [1.82, 2.24) is 24.9 Å². The number of H-pyrrole nitrogens is 2. The molecule has 0 saturated heterocycles. The van der Waals surface area contributed by atoms with Gasteiger partial charge in [-0.05, 0) is 46.8 Å². The molecule has 0 bridgehead atoms. The van der Waals surface area contributed by atoms with Gasteiger partial charge < -0.3 is 9.97 Å². The number of rotatable bonds is 3. The summed E-state index contributed by atoms with van der Waals surface area (Å²) >= 11 is 1.79. The Morgan fingerprint density at radius 2 is 1.23 bits per heavy atom. The second kappa shape index (κ2) is 8.10. The van der Waals surface area contributed by atoms with Crippen LogP contribution in [0, 0.1) is 0 Å². The summed E-state index contributed by atoms with van der Waals surface area (Å²) in [7, 11) is 0. The van der Waals surface area contributed by atoms with E-state index in [1.807, 2.05) is 12.3 Å². The van der Waals surface area contributed by atoms with Gasteiger partial charge in [0, 0.05) is 55.0 Å². The Morgan fingerprint density at radius 1 is 0.615 bits per heavy atom. The Kier molecular flexibility index (Phi) is 4.71. The number of pyridine rings is 1. The average molecular weight is 526 g/mol. The number of hydrogen-bond donors (Lipinski definition) is 2. The van der Waals surface area contributed by atoms with Crippen LogP contribution in [-0.4, -0.2) is 24.9 Å². The molecule has 39 heavy (non-hydrogen) atoms. The Hall–Kier alpha value is -4.29. The van der Waals surface area contributed by atoms with Gasteiger partial charge in [0.15, 0.2) is 0 Å². The third-order valence-corrected chi connectivity index (χ3v) is 8.88. The molecule has 0 radical (unpaired) electrons. The van der Waals surface area contributed by atoms with Crippen LogP contribution in [0.25, 0.3) is 75.7 Å². The van der Waals surface area contributed by atoms with Gasteiger partial charge >= 0.3 is 0 Å². The highest BCUT2D eigenvalue weighted by molar-refractivity contribution is 7.18. The van der Waals surface area contributed by atoms with Gasteiger partial charge in [-0.25, -0.2) is 9.97 Å². The van der Waals surface area contributed by atoms with E-state index in [9.17, 15) is 0 Å². The monoisotopic (exact) mass is 525 g/mol. The number of benzene rings is 4. The summed E-state index contributed by atoms with van der Waals surface area (Å²) in [6.45, 7) is 8.70. The Balaban J connectivity index is 1.40. The van der Waals surface area contributed by atoms with Crippen LogP contribution in [0.5, 0.6) is 0 Å². The van der Waals surface area contributed by atoms with Gasteiger partial charge in [0.2, 0.25) is 0 Å². The molecule has 0 aliphatic rings. The summed E-state index contributed by atoms with van der Waals surface area (Å²) < 4.78 is 1.29. The zero-order valence-corrected chi connectivity index (χ0v) is 23.1. The molecule has 0 saturated carbocycles. The molecule has 190 valence electrons. The molecule has 5 nitrogen and oxygen atoms in total. The van der Waals surface area contributed by atoms with Crippen molar-refractivity contribution in [3.63, 3.8) is 0 Å². The number of fused-ring (bicyclic) bond motifs is 12. The number of thiophene rings is 1. The topological polar surface area (TPSA) is 70.2 Å². The highest BCUT2D eigenvalue weighted by Crippen LogP contribution is 2.41. The van der Waals surface area contributed by atoms with Crippen LogP contribution >= 0.6 is 11.3 Å². The molecule has 0 aliphatic heterocycles. The van der Waals surface area contributed by atoms with Gasteiger partial charge in [-0.2, -0.15) is 0 Å². The second-order valence-corrected chi connectivity index (χ2v) is 12.0. The van der Waals surface area contributed by atoms with Crippen molar-refractivity contribution in [2.75, 3.05) is 0 Å². The van der Waals surface area contributed by atoms with Gasteiger partial charge in [-0.1, -0.05) is 52.0 Å². The molecule has 4 heterocycles. The van der Waals surface area contributed by atoms with Crippen LogP contribution in [0.2, 0.25) is 0 Å². The zero-order chi connectivity index (χ0) is 26.4. The fraction of sp³-hybridized carbons (Fsp3) is 0.182. The minimum absolute atomic E-state index is 0.322. The normalized spacial score (nSPS) is 12.6. The molecule has 0 atom stereocenters. The van der Waals surface area contributed by atoms with Crippen molar-refractivity contribution in [3.8, 4) is 11.1 Å². The first-order valence-electron chi connectivity index (χ1n) is 13.5. The lowest BCUT2D eigenvalue weighted by atomic mass is 9.96. The smallest absolute Gasteiger partial charge is 0.109 e. The quantitative estimate of drug-likeness (QED) is 0.226. The summed E-state index contributed by atoms with van der Waals surface area (Å²) in [6.07, 6.45) is 1.88. The summed E-state index contributed by atoms with van der Waals surface area (Å²) in [5.74, 6) is 2.71.